The van der Waals surface area contributed by atoms with Crippen LogP contribution < -0.4 is 4.90 Å². The lowest BCUT2D eigenvalue weighted by Crippen LogP contribution is -2.46. The van der Waals surface area contributed by atoms with Crippen molar-refractivity contribution in [1.29, 1.82) is 0 Å². The van der Waals surface area contributed by atoms with Gasteiger partial charge in [0.1, 0.15) is 0 Å². The summed E-state index contributed by atoms with van der Waals surface area (Å²) in [7, 11) is 0. The van der Waals surface area contributed by atoms with Crippen LogP contribution in [0.4, 0.5) is 6.01 Å². The summed E-state index contributed by atoms with van der Waals surface area (Å²) in [5, 5.41) is 0. The van der Waals surface area contributed by atoms with E-state index >= 15 is 0 Å². The number of fused-ring (bicyclic) bond motifs is 1. The predicted molar refractivity (Wildman–Crippen MR) is 92.6 cm³/mol. The van der Waals surface area contributed by atoms with Crippen LogP contribution in [0.1, 0.15) is 37.7 Å². The number of oxazole rings is 1. The number of hydrogen-bond donors (Lipinski definition) is 0. The average Bonchev–Trinajstić information content (AvgIpc) is 3.05. The molecule has 0 aromatic carbocycles. The number of rotatable bonds is 3. The zero-order chi connectivity index (χ0) is 15.6. The molecule has 122 valence electrons. The van der Waals surface area contributed by atoms with Crippen LogP contribution >= 0.6 is 0 Å². The van der Waals surface area contributed by atoms with E-state index in [1.807, 2.05) is 6.07 Å². The maximum Gasteiger partial charge on any atom is 0.299 e. The van der Waals surface area contributed by atoms with Crippen LogP contribution in [-0.2, 0) is 0 Å². The quantitative estimate of drug-likeness (QED) is 0.870. The molecule has 5 nitrogen and oxygen atoms in total. The summed E-state index contributed by atoms with van der Waals surface area (Å²) >= 11 is 0. The Kier molecular flexibility index (Phi) is 4.04. The number of nitrogens with zero attached hydrogens (tertiary/aromatic N) is 4. The zero-order valence-electron chi connectivity index (χ0n) is 13.6. The molecule has 2 fully saturated rings. The van der Waals surface area contributed by atoms with Crippen LogP contribution in [0.3, 0.4) is 0 Å². The molecule has 0 radical (unpaired) electrons. The van der Waals surface area contributed by atoms with Gasteiger partial charge >= 0.3 is 0 Å². The van der Waals surface area contributed by atoms with Gasteiger partial charge in [0.2, 0.25) is 5.65 Å². The van der Waals surface area contributed by atoms with E-state index in [0.717, 1.165) is 30.3 Å². The smallest absolute Gasteiger partial charge is 0.299 e. The second kappa shape index (κ2) is 6.32. The molecule has 2 aromatic rings. The highest BCUT2D eigenvalue weighted by Gasteiger charge is 2.27. The Balaban J connectivity index is 1.44. The topological polar surface area (TPSA) is 45.4 Å². The van der Waals surface area contributed by atoms with Crippen molar-refractivity contribution in [3.05, 3.63) is 24.4 Å². The molecule has 23 heavy (non-hydrogen) atoms. The zero-order valence-corrected chi connectivity index (χ0v) is 13.6. The summed E-state index contributed by atoms with van der Waals surface area (Å²) in [6, 6.07) is 3.40. The molecular weight excluding hydrogens is 288 g/mol. The highest BCUT2D eigenvalue weighted by molar-refractivity contribution is 5.73. The van der Waals surface area contributed by atoms with Crippen LogP contribution in [0, 0.1) is 0 Å². The van der Waals surface area contributed by atoms with Crippen molar-refractivity contribution < 1.29 is 4.42 Å². The minimum Gasteiger partial charge on any atom is -0.422 e. The van der Waals surface area contributed by atoms with E-state index in [1.54, 1.807) is 12.3 Å². The fourth-order valence-corrected chi connectivity index (χ4v) is 3.78. The summed E-state index contributed by atoms with van der Waals surface area (Å²) in [5.74, 6) is 0. The molecule has 2 aromatic heterocycles. The van der Waals surface area contributed by atoms with Crippen molar-refractivity contribution in [2.45, 2.75) is 38.1 Å². The molecule has 0 saturated carbocycles. The Morgan fingerprint density at radius 2 is 1.91 bits per heavy atom. The first kappa shape index (κ1) is 14.7. The van der Waals surface area contributed by atoms with Gasteiger partial charge in [0, 0.05) is 25.3 Å². The molecular formula is C18H24N4O. The van der Waals surface area contributed by atoms with Crippen LogP contribution in [0.25, 0.3) is 17.3 Å². The van der Waals surface area contributed by atoms with Crippen molar-refractivity contribution in [1.82, 2.24) is 14.9 Å². The summed E-state index contributed by atoms with van der Waals surface area (Å²) in [5.41, 5.74) is 2.39. The minimum atomic E-state index is 0.684. The molecule has 0 aliphatic carbocycles. The lowest BCUT2D eigenvalue weighted by Gasteiger charge is -2.39. The SMILES string of the molecule is C=Cc1cnc2nc(N3CCC(N4CCCCC4)CC3)oc2c1. The molecule has 2 saturated heterocycles. The van der Waals surface area contributed by atoms with Crippen LogP contribution in [0.15, 0.2) is 23.3 Å². The van der Waals surface area contributed by atoms with Gasteiger partial charge < -0.3 is 14.2 Å². The van der Waals surface area contributed by atoms with E-state index < -0.39 is 0 Å². The third kappa shape index (κ3) is 2.98. The predicted octanol–water partition coefficient (Wildman–Crippen LogP) is 3.32. The monoisotopic (exact) mass is 312 g/mol. The highest BCUT2D eigenvalue weighted by atomic mass is 16.4. The second-order valence-electron chi connectivity index (χ2n) is 6.61. The maximum absolute atomic E-state index is 5.92. The van der Waals surface area contributed by atoms with E-state index in [9.17, 15) is 0 Å². The van der Waals surface area contributed by atoms with Crippen LogP contribution in [0.5, 0.6) is 0 Å². The van der Waals surface area contributed by atoms with Gasteiger partial charge in [0.05, 0.1) is 0 Å². The number of hydrogen-bond acceptors (Lipinski definition) is 5. The Bertz CT molecular complexity index is 681. The van der Waals surface area contributed by atoms with Gasteiger partial charge in [0.15, 0.2) is 5.58 Å². The molecule has 0 unspecified atom stereocenters. The lowest BCUT2D eigenvalue weighted by molar-refractivity contribution is 0.140. The second-order valence-corrected chi connectivity index (χ2v) is 6.61. The minimum absolute atomic E-state index is 0.684. The van der Waals surface area contributed by atoms with E-state index in [4.69, 9.17) is 4.42 Å². The standard InChI is InChI=1S/C18H24N4O/c1-2-14-12-16-17(19-13-14)20-18(23-16)22-10-6-15(7-11-22)21-8-4-3-5-9-21/h2,12-13,15H,1,3-11H2. The number of anilines is 1. The molecule has 5 heteroatoms. The van der Waals surface area contributed by atoms with E-state index in [1.165, 1.54) is 45.2 Å². The fraction of sp³-hybridized carbons (Fsp3) is 0.556. The number of piperidine rings is 2. The van der Waals surface area contributed by atoms with Gasteiger partial charge in [-0.1, -0.05) is 19.1 Å². The highest BCUT2D eigenvalue weighted by Crippen LogP contribution is 2.26. The Morgan fingerprint density at radius 3 is 2.65 bits per heavy atom. The van der Waals surface area contributed by atoms with E-state index in [0.29, 0.717) is 11.7 Å². The third-order valence-electron chi connectivity index (χ3n) is 5.13. The number of aromatic nitrogens is 2. The van der Waals surface area contributed by atoms with Gasteiger partial charge in [-0.05, 0) is 50.4 Å². The molecule has 0 spiro atoms. The summed E-state index contributed by atoms with van der Waals surface area (Å²) < 4.78 is 5.92. The third-order valence-corrected chi connectivity index (χ3v) is 5.13. The summed E-state index contributed by atoms with van der Waals surface area (Å²) in [6.45, 7) is 8.36. The van der Waals surface area contributed by atoms with Crippen molar-refractivity contribution >= 4 is 23.3 Å². The van der Waals surface area contributed by atoms with Crippen molar-refractivity contribution in [3.63, 3.8) is 0 Å². The van der Waals surface area contributed by atoms with Gasteiger partial charge in [-0.25, -0.2) is 4.98 Å². The molecule has 0 amide bonds. The Morgan fingerprint density at radius 1 is 1.13 bits per heavy atom. The lowest BCUT2D eigenvalue weighted by atomic mass is 10.0. The van der Waals surface area contributed by atoms with Crippen molar-refractivity contribution in [3.8, 4) is 0 Å². The summed E-state index contributed by atoms with van der Waals surface area (Å²) in [6.07, 6.45) is 10.1. The molecule has 4 rings (SSSR count). The molecule has 4 heterocycles. The first-order valence-electron chi connectivity index (χ1n) is 8.71. The fourth-order valence-electron chi connectivity index (χ4n) is 3.78. The van der Waals surface area contributed by atoms with Gasteiger partial charge in [-0.3, -0.25) is 0 Å². The van der Waals surface area contributed by atoms with Crippen molar-refractivity contribution in [2.24, 2.45) is 0 Å². The van der Waals surface area contributed by atoms with Crippen LogP contribution in [0.2, 0.25) is 0 Å². The van der Waals surface area contributed by atoms with E-state index in [2.05, 4.69) is 26.3 Å². The molecule has 2 aliphatic rings. The maximum atomic E-state index is 5.92. The van der Waals surface area contributed by atoms with Gasteiger partial charge in [0.25, 0.3) is 6.01 Å². The normalized spacial score (nSPS) is 21.0. The van der Waals surface area contributed by atoms with Gasteiger partial charge in [-0.2, -0.15) is 4.98 Å². The average molecular weight is 312 g/mol. The van der Waals surface area contributed by atoms with Crippen molar-refractivity contribution in [2.75, 3.05) is 31.1 Å². The Labute approximate surface area is 137 Å². The molecule has 0 bridgehead atoms. The molecule has 0 N–H and O–H groups in total. The van der Waals surface area contributed by atoms with E-state index in [-0.39, 0.29) is 0 Å². The molecule has 0 atom stereocenters. The largest absolute Gasteiger partial charge is 0.422 e. The first-order chi connectivity index (χ1) is 11.3. The van der Waals surface area contributed by atoms with Crippen LogP contribution in [-0.4, -0.2) is 47.1 Å². The number of likely N-dealkylation sites (tertiary alicyclic amines) is 1. The summed E-state index contributed by atoms with van der Waals surface area (Å²) in [4.78, 5) is 13.8. The first-order valence-corrected chi connectivity index (χ1v) is 8.71. The van der Waals surface area contributed by atoms with Gasteiger partial charge in [-0.15, -0.1) is 0 Å². The Hall–Kier alpha value is -1.88. The molecule has 2 aliphatic heterocycles. The number of pyridine rings is 1.